The van der Waals surface area contributed by atoms with Crippen LogP contribution in [-0.2, 0) is 22.5 Å². The highest BCUT2D eigenvalue weighted by Gasteiger charge is 2.37. The van der Waals surface area contributed by atoms with Crippen molar-refractivity contribution in [2.75, 3.05) is 20.2 Å². The molecule has 0 amide bonds. The number of fused-ring (bicyclic) bond motifs is 1. The molecule has 5 rings (SSSR count). The van der Waals surface area contributed by atoms with Gasteiger partial charge >= 0.3 is 0 Å². The molecule has 8 heteroatoms. The summed E-state index contributed by atoms with van der Waals surface area (Å²) in [4.78, 5) is 22.1. The Morgan fingerprint density at radius 2 is 1.90 bits per heavy atom. The molecule has 0 bridgehead atoms. The summed E-state index contributed by atoms with van der Waals surface area (Å²) < 4.78 is 32.1. The third-order valence-electron chi connectivity index (χ3n) is 8.29. The van der Waals surface area contributed by atoms with E-state index < -0.39 is 5.82 Å². The number of benzene rings is 1. The second kappa shape index (κ2) is 12.3. The second-order valence-corrected chi connectivity index (χ2v) is 10.7. The molecule has 1 fully saturated rings. The molecule has 1 aliphatic carbocycles. The Morgan fingerprint density at radius 1 is 1.10 bits per heavy atom. The molecule has 7 nitrogen and oxygen atoms in total. The molecule has 2 aromatic heterocycles. The largest absolute Gasteiger partial charge is 0.484 e. The fourth-order valence-corrected chi connectivity index (χ4v) is 5.85. The molecule has 3 aromatic rings. The predicted molar refractivity (Wildman–Crippen MR) is 151 cm³/mol. The summed E-state index contributed by atoms with van der Waals surface area (Å²) in [6.45, 7) is 9.16. The molecule has 0 radical (unpaired) electrons. The standard InChI is InChI=1S/C32H38FN3O4/c1-5-36(6-2)18-24-13-28(34-16-26(24)25-15-31(38-4)35-17-27(25)33)29-12-11-21-7-10-23(14-30(21)40-29)32(22-8-9-22)20(3)39-19-37/h7,10,13-17,19-20,22,29,32H,5-6,8-9,11-12,18H2,1-4H3/t20-,29?,32-/m0/s1. The first-order valence-corrected chi connectivity index (χ1v) is 14.2. The van der Waals surface area contributed by atoms with E-state index in [0.29, 0.717) is 30.4 Å². The van der Waals surface area contributed by atoms with Crippen molar-refractivity contribution < 1.29 is 23.4 Å². The monoisotopic (exact) mass is 547 g/mol. The molecule has 3 atom stereocenters. The summed E-state index contributed by atoms with van der Waals surface area (Å²) in [7, 11) is 1.52. The Morgan fingerprint density at radius 3 is 2.60 bits per heavy atom. The van der Waals surface area contributed by atoms with Gasteiger partial charge in [-0.15, -0.1) is 0 Å². The maximum atomic E-state index is 15.0. The van der Waals surface area contributed by atoms with Crippen LogP contribution >= 0.6 is 0 Å². The van der Waals surface area contributed by atoms with Gasteiger partial charge in [0, 0.05) is 35.9 Å². The number of carbonyl (C=O) groups is 1. The Balaban J connectivity index is 1.46. The van der Waals surface area contributed by atoms with Gasteiger partial charge in [0.2, 0.25) is 5.88 Å². The lowest BCUT2D eigenvalue weighted by Gasteiger charge is -2.29. The minimum atomic E-state index is -0.412. The molecule has 212 valence electrons. The molecule has 0 spiro atoms. The molecule has 0 N–H and O–H groups in total. The van der Waals surface area contributed by atoms with Gasteiger partial charge in [-0.3, -0.25) is 14.7 Å². The molecular formula is C32H38FN3O4. The SMILES string of the molecule is CCN(CC)Cc1cc(C2CCc3ccc([C@H](C4CC4)[C@H](C)OC=O)cc3O2)ncc1-c1cc(OC)ncc1F. The van der Waals surface area contributed by atoms with Crippen molar-refractivity contribution in [1.82, 2.24) is 14.9 Å². The fourth-order valence-electron chi connectivity index (χ4n) is 5.85. The van der Waals surface area contributed by atoms with E-state index in [-0.39, 0.29) is 18.1 Å². The van der Waals surface area contributed by atoms with Crippen molar-refractivity contribution in [2.45, 2.75) is 71.1 Å². The van der Waals surface area contributed by atoms with E-state index in [2.05, 4.69) is 48.0 Å². The lowest BCUT2D eigenvalue weighted by atomic mass is 9.87. The lowest BCUT2D eigenvalue weighted by molar-refractivity contribution is -0.134. The van der Waals surface area contributed by atoms with Crippen molar-refractivity contribution in [3.8, 4) is 22.8 Å². The summed E-state index contributed by atoms with van der Waals surface area (Å²) in [6.07, 6.45) is 6.51. The quantitative estimate of drug-likeness (QED) is 0.248. The number of ether oxygens (including phenoxy) is 3. The van der Waals surface area contributed by atoms with Gasteiger partial charge in [-0.05, 0) is 80.4 Å². The van der Waals surface area contributed by atoms with Crippen LogP contribution in [0, 0.1) is 11.7 Å². The number of carbonyl (C=O) groups excluding carboxylic acids is 1. The molecule has 1 unspecified atom stereocenters. The van der Waals surface area contributed by atoms with Crippen molar-refractivity contribution in [1.29, 1.82) is 0 Å². The van der Waals surface area contributed by atoms with E-state index in [1.54, 1.807) is 12.3 Å². The van der Waals surface area contributed by atoms with E-state index in [9.17, 15) is 9.18 Å². The second-order valence-electron chi connectivity index (χ2n) is 10.7. The van der Waals surface area contributed by atoms with Crippen LogP contribution in [0.2, 0.25) is 0 Å². The zero-order valence-electron chi connectivity index (χ0n) is 23.7. The minimum absolute atomic E-state index is 0.157. The number of halogens is 1. The fraction of sp³-hybridized carbons (Fsp3) is 0.469. The van der Waals surface area contributed by atoms with Crippen molar-refractivity contribution >= 4 is 6.47 Å². The number of nitrogens with zero attached hydrogens (tertiary/aromatic N) is 3. The summed E-state index contributed by atoms with van der Waals surface area (Å²) in [5.74, 6) is 1.49. The first kappa shape index (κ1) is 28.0. The molecule has 1 saturated carbocycles. The number of hydrogen-bond acceptors (Lipinski definition) is 7. The van der Waals surface area contributed by atoms with Crippen LogP contribution in [0.4, 0.5) is 4.39 Å². The highest BCUT2D eigenvalue weighted by atomic mass is 19.1. The zero-order valence-corrected chi connectivity index (χ0v) is 23.7. The van der Waals surface area contributed by atoms with Gasteiger partial charge in [-0.25, -0.2) is 9.37 Å². The van der Waals surface area contributed by atoms with Gasteiger partial charge in [0.1, 0.15) is 23.8 Å². The number of aromatic nitrogens is 2. The summed E-state index contributed by atoms with van der Waals surface area (Å²) >= 11 is 0. The third kappa shape index (κ3) is 5.97. The summed E-state index contributed by atoms with van der Waals surface area (Å²) in [5.41, 5.74) is 5.28. The van der Waals surface area contributed by atoms with Gasteiger partial charge in [0.05, 0.1) is 19.0 Å². The Bertz CT molecular complexity index is 1340. The van der Waals surface area contributed by atoms with E-state index in [1.807, 2.05) is 6.92 Å². The van der Waals surface area contributed by atoms with Crippen molar-refractivity contribution in [3.63, 3.8) is 0 Å². The van der Waals surface area contributed by atoms with Crippen molar-refractivity contribution in [3.05, 3.63) is 70.9 Å². The normalized spacial score (nSPS) is 18.0. The predicted octanol–water partition coefficient (Wildman–Crippen LogP) is 6.25. The van der Waals surface area contributed by atoms with Crippen LogP contribution in [0.5, 0.6) is 11.6 Å². The van der Waals surface area contributed by atoms with Gasteiger partial charge in [-0.1, -0.05) is 26.0 Å². The van der Waals surface area contributed by atoms with Gasteiger partial charge in [-0.2, -0.15) is 0 Å². The first-order valence-electron chi connectivity index (χ1n) is 14.2. The number of hydrogen-bond donors (Lipinski definition) is 0. The summed E-state index contributed by atoms with van der Waals surface area (Å²) in [6, 6.07) is 10.1. The smallest absolute Gasteiger partial charge is 0.293 e. The van der Waals surface area contributed by atoms with E-state index in [4.69, 9.17) is 19.2 Å². The summed E-state index contributed by atoms with van der Waals surface area (Å²) in [5, 5.41) is 0. The number of aryl methyl sites for hydroxylation is 1. The highest BCUT2D eigenvalue weighted by molar-refractivity contribution is 5.68. The Hall–Kier alpha value is -3.52. The number of pyridine rings is 2. The maximum Gasteiger partial charge on any atom is 0.293 e. The molecule has 1 aromatic carbocycles. The van der Waals surface area contributed by atoms with E-state index in [0.717, 1.165) is 66.9 Å². The van der Waals surface area contributed by atoms with Crippen LogP contribution < -0.4 is 9.47 Å². The Kier molecular flexibility index (Phi) is 8.64. The van der Waals surface area contributed by atoms with Gasteiger partial charge in [0.25, 0.3) is 6.47 Å². The van der Waals surface area contributed by atoms with Crippen LogP contribution in [0.3, 0.4) is 0 Å². The van der Waals surface area contributed by atoms with Crippen LogP contribution in [0.25, 0.3) is 11.1 Å². The Labute approximate surface area is 235 Å². The average molecular weight is 548 g/mol. The van der Waals surface area contributed by atoms with Crippen LogP contribution in [0.1, 0.15) is 74.4 Å². The number of rotatable bonds is 12. The van der Waals surface area contributed by atoms with Crippen LogP contribution in [0.15, 0.2) is 42.7 Å². The molecule has 0 saturated heterocycles. The molecular weight excluding hydrogens is 509 g/mol. The minimum Gasteiger partial charge on any atom is -0.484 e. The topological polar surface area (TPSA) is 73.8 Å². The average Bonchev–Trinajstić information content (AvgIpc) is 3.81. The molecule has 3 heterocycles. The lowest BCUT2D eigenvalue weighted by Crippen LogP contribution is -2.23. The maximum absolute atomic E-state index is 15.0. The van der Waals surface area contributed by atoms with Crippen LogP contribution in [-0.4, -0.2) is 47.6 Å². The first-order chi connectivity index (χ1) is 19.4. The van der Waals surface area contributed by atoms with E-state index in [1.165, 1.54) is 18.9 Å². The van der Waals surface area contributed by atoms with Gasteiger partial charge in [0.15, 0.2) is 0 Å². The number of methoxy groups -OCH3 is 1. The van der Waals surface area contributed by atoms with Gasteiger partial charge < -0.3 is 14.2 Å². The van der Waals surface area contributed by atoms with Crippen molar-refractivity contribution in [2.24, 2.45) is 5.92 Å². The zero-order chi connectivity index (χ0) is 28.2. The molecule has 1 aliphatic heterocycles. The third-order valence-corrected chi connectivity index (χ3v) is 8.29. The molecule has 40 heavy (non-hydrogen) atoms. The molecule has 2 aliphatic rings. The van der Waals surface area contributed by atoms with E-state index >= 15 is 0 Å². The highest BCUT2D eigenvalue weighted by Crippen LogP contribution is 2.47.